The van der Waals surface area contributed by atoms with Crippen LogP contribution in [0.5, 0.6) is 0 Å². The van der Waals surface area contributed by atoms with Gasteiger partial charge >= 0.3 is 6.18 Å². The molecular weight excluding hydrogens is 281 g/mol. The molecule has 0 radical (unpaired) electrons. The average molecular weight is 293 g/mol. The Bertz CT molecular complexity index is 504. The highest BCUT2D eigenvalue weighted by Crippen LogP contribution is 2.39. The molecule has 0 bridgehead atoms. The molecule has 1 atom stereocenters. The van der Waals surface area contributed by atoms with E-state index in [0.29, 0.717) is 6.42 Å². The molecule has 19 heavy (non-hydrogen) atoms. The van der Waals surface area contributed by atoms with Crippen LogP contribution in [0, 0.1) is 0 Å². The van der Waals surface area contributed by atoms with Gasteiger partial charge in [0.1, 0.15) is 0 Å². The first-order valence-electron chi connectivity index (χ1n) is 5.70. The number of hydrogen-bond acceptors (Lipinski definition) is 2. The van der Waals surface area contributed by atoms with Gasteiger partial charge in [-0.1, -0.05) is 11.6 Å². The van der Waals surface area contributed by atoms with E-state index in [1.807, 2.05) is 0 Å². The van der Waals surface area contributed by atoms with Gasteiger partial charge in [-0.3, -0.25) is 4.79 Å². The van der Waals surface area contributed by atoms with Crippen molar-refractivity contribution in [3.8, 4) is 0 Å². The Morgan fingerprint density at radius 1 is 1.42 bits per heavy atom. The molecule has 1 aliphatic rings. The minimum atomic E-state index is -4.54. The summed E-state index contributed by atoms with van der Waals surface area (Å²) in [6, 6.07) is 3.00. The van der Waals surface area contributed by atoms with E-state index in [4.69, 9.17) is 11.6 Å². The van der Waals surface area contributed by atoms with Crippen molar-refractivity contribution in [1.82, 2.24) is 5.32 Å². The minimum absolute atomic E-state index is 0.00659. The number of hydrogen-bond donors (Lipinski definition) is 1. The van der Waals surface area contributed by atoms with Crippen molar-refractivity contribution >= 4 is 23.2 Å². The lowest BCUT2D eigenvalue weighted by atomic mass is 10.1. The second kappa shape index (κ2) is 5.02. The lowest BCUT2D eigenvalue weighted by Crippen LogP contribution is -2.37. The third kappa shape index (κ3) is 2.69. The number of benzene rings is 1. The average Bonchev–Trinajstić information content (AvgIpc) is 2.69. The quantitative estimate of drug-likeness (QED) is 0.909. The van der Waals surface area contributed by atoms with Crippen LogP contribution in [0.3, 0.4) is 0 Å². The van der Waals surface area contributed by atoms with Crippen molar-refractivity contribution in [2.75, 3.05) is 18.5 Å². The van der Waals surface area contributed by atoms with Crippen LogP contribution < -0.4 is 10.2 Å². The predicted octanol–water partition coefficient (Wildman–Crippen LogP) is 2.68. The molecule has 3 nitrogen and oxygen atoms in total. The summed E-state index contributed by atoms with van der Waals surface area (Å²) in [6.45, 7) is 0.259. The molecule has 0 aromatic heterocycles. The van der Waals surface area contributed by atoms with Crippen molar-refractivity contribution in [1.29, 1.82) is 0 Å². The highest BCUT2D eigenvalue weighted by atomic mass is 35.5. The molecule has 1 saturated heterocycles. The van der Waals surface area contributed by atoms with Crippen LogP contribution in [0.15, 0.2) is 18.2 Å². The van der Waals surface area contributed by atoms with E-state index in [9.17, 15) is 18.0 Å². The maximum Gasteiger partial charge on any atom is 0.418 e. The van der Waals surface area contributed by atoms with Gasteiger partial charge in [0.25, 0.3) is 0 Å². The van der Waals surface area contributed by atoms with Crippen LogP contribution in [0.2, 0.25) is 5.02 Å². The Hall–Kier alpha value is -1.27. The van der Waals surface area contributed by atoms with Crippen LogP contribution in [0.25, 0.3) is 0 Å². The predicted molar refractivity (Wildman–Crippen MR) is 66.3 cm³/mol. The molecule has 1 aliphatic heterocycles. The van der Waals surface area contributed by atoms with Crippen molar-refractivity contribution in [2.24, 2.45) is 0 Å². The Labute approximate surface area is 113 Å². The van der Waals surface area contributed by atoms with E-state index in [1.165, 1.54) is 12.1 Å². The second-order valence-corrected chi connectivity index (χ2v) is 4.72. The fourth-order valence-electron chi connectivity index (χ4n) is 2.16. The largest absolute Gasteiger partial charge is 0.418 e. The van der Waals surface area contributed by atoms with E-state index in [2.05, 4.69) is 5.32 Å². The Morgan fingerprint density at radius 3 is 2.63 bits per heavy atom. The molecule has 7 heteroatoms. The molecule has 0 aliphatic carbocycles. The summed E-state index contributed by atoms with van der Waals surface area (Å²) < 4.78 is 38.9. The summed E-state index contributed by atoms with van der Waals surface area (Å²) in [7, 11) is 1.61. The first-order chi connectivity index (χ1) is 8.84. The number of halogens is 4. The molecule has 1 amide bonds. The molecule has 104 valence electrons. The summed E-state index contributed by atoms with van der Waals surface area (Å²) in [6.07, 6.45) is -4.06. The summed E-state index contributed by atoms with van der Waals surface area (Å²) in [5.41, 5.74) is -1.02. The molecule has 1 fully saturated rings. The lowest BCUT2D eigenvalue weighted by molar-refractivity contribution is -0.137. The normalized spacial score (nSPS) is 20.2. The van der Waals surface area contributed by atoms with Crippen molar-refractivity contribution < 1.29 is 18.0 Å². The van der Waals surface area contributed by atoms with E-state index < -0.39 is 17.8 Å². The van der Waals surface area contributed by atoms with Crippen LogP contribution >= 0.6 is 11.6 Å². The third-order valence-corrected chi connectivity index (χ3v) is 3.34. The van der Waals surface area contributed by atoms with Gasteiger partial charge in [0.05, 0.1) is 17.3 Å². The standard InChI is InChI=1S/C12H12ClF3N2O/c1-17-9-4-5-18(11(9)19)10-3-2-7(13)6-8(10)12(14,15)16/h2-3,6,9,17H,4-5H2,1H3. The smallest absolute Gasteiger partial charge is 0.310 e. The lowest BCUT2D eigenvalue weighted by Gasteiger charge is -2.21. The summed E-state index contributed by atoms with van der Waals surface area (Å²) in [4.78, 5) is 13.1. The topological polar surface area (TPSA) is 32.3 Å². The molecule has 0 spiro atoms. The van der Waals surface area contributed by atoms with Gasteiger partial charge in [-0.15, -0.1) is 0 Å². The number of nitrogens with zero attached hydrogens (tertiary/aromatic N) is 1. The number of nitrogens with one attached hydrogen (secondary N) is 1. The van der Waals surface area contributed by atoms with Gasteiger partial charge in [-0.05, 0) is 31.7 Å². The molecule has 1 aromatic carbocycles. The Balaban J connectivity index is 2.43. The van der Waals surface area contributed by atoms with Crippen molar-refractivity contribution in [2.45, 2.75) is 18.6 Å². The van der Waals surface area contributed by atoms with Crippen LogP contribution in [-0.2, 0) is 11.0 Å². The number of alkyl halides is 3. The summed E-state index contributed by atoms with van der Waals surface area (Å²) in [5, 5.41) is 2.78. The highest BCUT2D eigenvalue weighted by molar-refractivity contribution is 6.30. The van der Waals surface area contributed by atoms with Gasteiger partial charge in [0, 0.05) is 11.6 Å². The zero-order chi connectivity index (χ0) is 14.2. The summed E-state index contributed by atoms with van der Waals surface area (Å²) >= 11 is 5.61. The van der Waals surface area contributed by atoms with E-state index in [1.54, 1.807) is 7.05 Å². The van der Waals surface area contributed by atoms with Gasteiger partial charge in [-0.25, -0.2) is 0 Å². The molecular formula is C12H12ClF3N2O. The molecule has 1 aromatic rings. The monoisotopic (exact) mass is 292 g/mol. The molecule has 2 rings (SSSR count). The van der Waals surface area contributed by atoms with E-state index in [-0.39, 0.29) is 23.2 Å². The van der Waals surface area contributed by atoms with Gasteiger partial charge in [0.2, 0.25) is 5.91 Å². The van der Waals surface area contributed by atoms with Crippen LogP contribution in [-0.4, -0.2) is 25.5 Å². The molecule has 1 heterocycles. The number of amides is 1. The zero-order valence-electron chi connectivity index (χ0n) is 10.1. The van der Waals surface area contributed by atoms with Crippen molar-refractivity contribution in [3.63, 3.8) is 0 Å². The second-order valence-electron chi connectivity index (χ2n) is 4.28. The van der Waals surface area contributed by atoms with Gasteiger partial charge in [-0.2, -0.15) is 13.2 Å². The maximum absolute atomic E-state index is 13.0. The van der Waals surface area contributed by atoms with Crippen LogP contribution in [0.1, 0.15) is 12.0 Å². The first kappa shape index (κ1) is 14.1. The highest BCUT2D eigenvalue weighted by Gasteiger charge is 2.39. The minimum Gasteiger partial charge on any atom is -0.310 e. The number of carbonyl (C=O) groups is 1. The fraction of sp³-hybridized carbons (Fsp3) is 0.417. The molecule has 1 unspecified atom stereocenters. The van der Waals surface area contributed by atoms with Gasteiger partial charge < -0.3 is 10.2 Å². The summed E-state index contributed by atoms with van der Waals surface area (Å²) in [5.74, 6) is -0.352. The van der Waals surface area contributed by atoms with E-state index in [0.717, 1.165) is 11.0 Å². The van der Waals surface area contributed by atoms with Gasteiger partial charge in [0.15, 0.2) is 0 Å². The van der Waals surface area contributed by atoms with Crippen LogP contribution in [0.4, 0.5) is 18.9 Å². The number of rotatable bonds is 2. The molecule has 0 saturated carbocycles. The SMILES string of the molecule is CNC1CCN(c2ccc(Cl)cc2C(F)(F)F)C1=O. The Morgan fingerprint density at radius 2 is 2.11 bits per heavy atom. The first-order valence-corrected chi connectivity index (χ1v) is 6.08. The fourth-order valence-corrected chi connectivity index (χ4v) is 2.33. The zero-order valence-corrected chi connectivity index (χ0v) is 10.8. The van der Waals surface area contributed by atoms with Crippen molar-refractivity contribution in [3.05, 3.63) is 28.8 Å². The number of carbonyl (C=O) groups excluding carboxylic acids is 1. The van der Waals surface area contributed by atoms with E-state index >= 15 is 0 Å². The maximum atomic E-state index is 13.0. The number of likely N-dealkylation sites (N-methyl/N-ethyl adjacent to an activating group) is 1. The molecule has 1 N–H and O–H groups in total. The number of anilines is 1. The Kier molecular flexibility index (Phi) is 3.73. The third-order valence-electron chi connectivity index (χ3n) is 3.11.